The molecular formula is C16H26N2O. The second-order valence-corrected chi connectivity index (χ2v) is 5.42. The first-order chi connectivity index (χ1) is 9.29. The molecule has 3 heteroatoms. The minimum atomic E-state index is 0.444. The van der Waals surface area contributed by atoms with Crippen LogP contribution in [0.3, 0.4) is 0 Å². The highest BCUT2D eigenvalue weighted by molar-refractivity contribution is 5.25. The van der Waals surface area contributed by atoms with Gasteiger partial charge in [-0.3, -0.25) is 4.90 Å². The Balaban J connectivity index is 1.73. The van der Waals surface area contributed by atoms with E-state index < -0.39 is 0 Å². The van der Waals surface area contributed by atoms with Crippen molar-refractivity contribution in [2.75, 3.05) is 26.2 Å². The first kappa shape index (κ1) is 14.5. The van der Waals surface area contributed by atoms with Gasteiger partial charge in [-0.25, -0.2) is 0 Å². The summed E-state index contributed by atoms with van der Waals surface area (Å²) in [5, 5.41) is 0. The van der Waals surface area contributed by atoms with Gasteiger partial charge in [0.15, 0.2) is 0 Å². The van der Waals surface area contributed by atoms with Crippen LogP contribution < -0.4 is 5.73 Å². The fourth-order valence-corrected chi connectivity index (χ4v) is 2.60. The van der Waals surface area contributed by atoms with Crippen molar-refractivity contribution in [2.24, 2.45) is 5.73 Å². The van der Waals surface area contributed by atoms with Gasteiger partial charge in [0.2, 0.25) is 0 Å². The van der Waals surface area contributed by atoms with E-state index in [0.717, 1.165) is 52.0 Å². The molecule has 0 aliphatic carbocycles. The largest absolute Gasteiger partial charge is 0.378 e. The van der Waals surface area contributed by atoms with Gasteiger partial charge in [0.25, 0.3) is 0 Å². The number of hydrogen-bond donors (Lipinski definition) is 1. The standard InChI is InChI=1S/C16H26N2O/c1-14-5-2-3-6-15(14)13-18-10-7-16(8-11-18)19-12-4-9-17/h2-3,5-6,16H,4,7-13,17H2,1H3. The van der Waals surface area contributed by atoms with Crippen molar-refractivity contribution in [3.63, 3.8) is 0 Å². The van der Waals surface area contributed by atoms with Crippen molar-refractivity contribution in [3.8, 4) is 0 Å². The quantitative estimate of drug-likeness (QED) is 0.800. The SMILES string of the molecule is Cc1ccccc1CN1CCC(OCCCN)CC1. The van der Waals surface area contributed by atoms with Crippen LogP contribution in [0.2, 0.25) is 0 Å². The molecule has 2 N–H and O–H groups in total. The normalized spacial score (nSPS) is 17.8. The van der Waals surface area contributed by atoms with Crippen molar-refractivity contribution in [2.45, 2.75) is 38.8 Å². The summed E-state index contributed by atoms with van der Waals surface area (Å²) in [4.78, 5) is 2.53. The van der Waals surface area contributed by atoms with E-state index in [9.17, 15) is 0 Å². The Labute approximate surface area is 116 Å². The number of ether oxygens (including phenoxy) is 1. The average molecular weight is 262 g/mol. The zero-order valence-electron chi connectivity index (χ0n) is 12.0. The molecule has 0 saturated carbocycles. The van der Waals surface area contributed by atoms with Crippen molar-refractivity contribution in [1.82, 2.24) is 4.90 Å². The lowest BCUT2D eigenvalue weighted by Gasteiger charge is -2.32. The number of nitrogens with two attached hydrogens (primary N) is 1. The van der Waals surface area contributed by atoms with E-state index in [4.69, 9.17) is 10.5 Å². The summed E-state index contributed by atoms with van der Waals surface area (Å²) in [6.07, 6.45) is 3.72. The number of aryl methyl sites for hydroxylation is 1. The predicted octanol–water partition coefficient (Wildman–Crippen LogP) is 2.32. The van der Waals surface area contributed by atoms with Crippen molar-refractivity contribution in [3.05, 3.63) is 35.4 Å². The van der Waals surface area contributed by atoms with Gasteiger partial charge in [0.1, 0.15) is 0 Å². The fourth-order valence-electron chi connectivity index (χ4n) is 2.60. The van der Waals surface area contributed by atoms with Crippen LogP contribution in [0.4, 0.5) is 0 Å². The van der Waals surface area contributed by atoms with Crippen LogP contribution in [0.15, 0.2) is 24.3 Å². The molecule has 1 aromatic carbocycles. The van der Waals surface area contributed by atoms with Gasteiger partial charge >= 0.3 is 0 Å². The van der Waals surface area contributed by atoms with Gasteiger partial charge in [-0.1, -0.05) is 24.3 Å². The Morgan fingerprint density at radius 2 is 2.00 bits per heavy atom. The molecule has 1 aromatic rings. The summed E-state index contributed by atoms with van der Waals surface area (Å²) in [6, 6.07) is 8.67. The fraction of sp³-hybridized carbons (Fsp3) is 0.625. The van der Waals surface area contributed by atoms with Gasteiger partial charge in [-0.2, -0.15) is 0 Å². The lowest BCUT2D eigenvalue weighted by molar-refractivity contribution is 0.00560. The van der Waals surface area contributed by atoms with E-state index >= 15 is 0 Å². The molecule has 3 nitrogen and oxygen atoms in total. The Bertz CT molecular complexity index is 373. The van der Waals surface area contributed by atoms with Crippen molar-refractivity contribution in [1.29, 1.82) is 0 Å². The molecule has 1 fully saturated rings. The number of benzene rings is 1. The average Bonchev–Trinajstić information content (AvgIpc) is 2.44. The van der Waals surface area contributed by atoms with Gasteiger partial charge in [0.05, 0.1) is 6.10 Å². The Kier molecular flexibility index (Phi) is 5.83. The summed E-state index contributed by atoms with van der Waals surface area (Å²) in [5.41, 5.74) is 8.32. The van der Waals surface area contributed by atoms with Gasteiger partial charge < -0.3 is 10.5 Å². The van der Waals surface area contributed by atoms with Crippen LogP contribution in [0, 0.1) is 6.92 Å². The Morgan fingerprint density at radius 1 is 1.26 bits per heavy atom. The number of nitrogens with zero attached hydrogens (tertiary/aromatic N) is 1. The topological polar surface area (TPSA) is 38.5 Å². The lowest BCUT2D eigenvalue weighted by atomic mass is 10.0. The molecular weight excluding hydrogens is 236 g/mol. The maximum absolute atomic E-state index is 5.84. The first-order valence-electron chi connectivity index (χ1n) is 7.38. The third-order valence-corrected chi connectivity index (χ3v) is 3.89. The molecule has 1 aliphatic rings. The summed E-state index contributed by atoms with van der Waals surface area (Å²) in [5.74, 6) is 0. The van der Waals surface area contributed by atoms with Crippen LogP contribution in [-0.2, 0) is 11.3 Å². The van der Waals surface area contributed by atoms with E-state index in [0.29, 0.717) is 6.10 Å². The second-order valence-electron chi connectivity index (χ2n) is 5.42. The third kappa shape index (κ3) is 4.60. The van der Waals surface area contributed by atoms with Crippen molar-refractivity contribution >= 4 is 0 Å². The molecule has 2 rings (SSSR count). The maximum atomic E-state index is 5.84. The molecule has 0 radical (unpaired) electrons. The van der Waals surface area contributed by atoms with Gasteiger partial charge in [-0.05, 0) is 43.9 Å². The molecule has 1 aliphatic heterocycles. The van der Waals surface area contributed by atoms with E-state index in [2.05, 4.69) is 36.1 Å². The molecule has 0 unspecified atom stereocenters. The summed E-state index contributed by atoms with van der Waals surface area (Å²) < 4.78 is 5.84. The molecule has 1 saturated heterocycles. The molecule has 0 atom stereocenters. The Hall–Kier alpha value is -0.900. The number of rotatable bonds is 6. The molecule has 19 heavy (non-hydrogen) atoms. The van der Waals surface area contributed by atoms with Crippen LogP contribution in [0.1, 0.15) is 30.4 Å². The molecule has 1 heterocycles. The monoisotopic (exact) mass is 262 g/mol. The summed E-state index contributed by atoms with van der Waals surface area (Å²) in [7, 11) is 0. The second kappa shape index (κ2) is 7.63. The van der Waals surface area contributed by atoms with Crippen LogP contribution >= 0.6 is 0 Å². The number of likely N-dealkylation sites (tertiary alicyclic amines) is 1. The minimum absolute atomic E-state index is 0.444. The summed E-state index contributed by atoms with van der Waals surface area (Å²) >= 11 is 0. The van der Waals surface area contributed by atoms with Crippen molar-refractivity contribution < 1.29 is 4.74 Å². The third-order valence-electron chi connectivity index (χ3n) is 3.89. The van der Waals surface area contributed by atoms with Crippen LogP contribution in [0.25, 0.3) is 0 Å². The number of piperidine rings is 1. The molecule has 0 amide bonds. The minimum Gasteiger partial charge on any atom is -0.378 e. The smallest absolute Gasteiger partial charge is 0.0599 e. The summed E-state index contributed by atoms with van der Waals surface area (Å²) in [6.45, 7) is 7.09. The first-order valence-corrected chi connectivity index (χ1v) is 7.38. The van der Waals surface area contributed by atoms with Gasteiger partial charge in [-0.15, -0.1) is 0 Å². The van der Waals surface area contributed by atoms with Gasteiger partial charge in [0, 0.05) is 26.2 Å². The number of hydrogen-bond acceptors (Lipinski definition) is 3. The zero-order chi connectivity index (χ0) is 13.5. The Morgan fingerprint density at radius 3 is 2.68 bits per heavy atom. The van der Waals surface area contributed by atoms with Crippen LogP contribution in [0.5, 0.6) is 0 Å². The van der Waals surface area contributed by atoms with E-state index in [-0.39, 0.29) is 0 Å². The van der Waals surface area contributed by atoms with E-state index in [1.54, 1.807) is 0 Å². The predicted molar refractivity (Wildman–Crippen MR) is 79.1 cm³/mol. The molecule has 0 spiro atoms. The highest BCUT2D eigenvalue weighted by Gasteiger charge is 2.19. The van der Waals surface area contributed by atoms with Crippen LogP contribution in [-0.4, -0.2) is 37.2 Å². The highest BCUT2D eigenvalue weighted by Crippen LogP contribution is 2.17. The lowest BCUT2D eigenvalue weighted by Crippen LogP contribution is -2.36. The molecule has 0 aromatic heterocycles. The zero-order valence-corrected chi connectivity index (χ0v) is 12.0. The van der Waals surface area contributed by atoms with E-state index in [1.165, 1.54) is 11.1 Å². The molecule has 106 valence electrons. The maximum Gasteiger partial charge on any atom is 0.0599 e. The molecule has 0 bridgehead atoms. The van der Waals surface area contributed by atoms with E-state index in [1.807, 2.05) is 0 Å². The highest BCUT2D eigenvalue weighted by atomic mass is 16.5.